The molecule has 0 bridgehead atoms. The van der Waals surface area contributed by atoms with E-state index in [1.165, 1.54) is 18.3 Å². The van der Waals surface area contributed by atoms with Crippen molar-refractivity contribution in [1.29, 1.82) is 0 Å². The average molecular weight is 336 g/mol. The molecule has 1 amide bonds. The predicted octanol–water partition coefficient (Wildman–Crippen LogP) is 0.962. The van der Waals surface area contributed by atoms with Crippen molar-refractivity contribution in [2.24, 2.45) is 0 Å². The Labute approximate surface area is 138 Å². The number of hydrogen-bond acceptors (Lipinski definition) is 7. The lowest BCUT2D eigenvalue weighted by molar-refractivity contribution is -0.114. The first-order valence-electron chi connectivity index (χ1n) is 7.53. The molecule has 0 spiro atoms. The van der Waals surface area contributed by atoms with Gasteiger partial charge >= 0.3 is 0 Å². The Balaban J connectivity index is 1.58. The second-order valence-corrected chi connectivity index (χ2v) is 6.49. The van der Waals surface area contributed by atoms with Crippen LogP contribution < -0.4 is 5.32 Å². The van der Waals surface area contributed by atoms with E-state index in [2.05, 4.69) is 32.4 Å². The maximum Gasteiger partial charge on any atom is 0.223 e. The minimum Gasteiger partial charge on any atom is -0.379 e. The first-order chi connectivity index (χ1) is 11.1. The number of nitrogens with one attached hydrogen (secondary N) is 1. The number of anilines is 1. The zero-order valence-electron chi connectivity index (χ0n) is 13.2. The van der Waals surface area contributed by atoms with Gasteiger partial charge in [-0.2, -0.15) is 0 Å². The van der Waals surface area contributed by atoms with E-state index in [1.807, 2.05) is 11.6 Å². The van der Waals surface area contributed by atoms with Gasteiger partial charge in [0.2, 0.25) is 5.91 Å². The molecule has 1 saturated heterocycles. The normalized spacial score (nSPS) is 19.0. The second-order valence-electron chi connectivity index (χ2n) is 5.63. The number of thiazole rings is 1. The summed E-state index contributed by atoms with van der Waals surface area (Å²) in [6.07, 6.45) is 1.94. The van der Waals surface area contributed by atoms with Crippen molar-refractivity contribution >= 4 is 22.4 Å². The van der Waals surface area contributed by atoms with Crippen LogP contribution in [0.3, 0.4) is 0 Å². The maximum atomic E-state index is 11.0. The number of rotatable bonds is 5. The highest BCUT2D eigenvalue weighted by Crippen LogP contribution is 2.16. The number of aromatic nitrogens is 4. The lowest BCUT2D eigenvalue weighted by Gasteiger charge is -2.32. The predicted molar refractivity (Wildman–Crippen MR) is 86.2 cm³/mol. The third-order valence-electron chi connectivity index (χ3n) is 3.62. The van der Waals surface area contributed by atoms with E-state index >= 15 is 0 Å². The Morgan fingerprint density at radius 1 is 1.48 bits per heavy atom. The van der Waals surface area contributed by atoms with E-state index in [9.17, 15) is 4.79 Å². The monoisotopic (exact) mass is 336 g/mol. The number of carbonyl (C=O) groups excluding carboxylic acids is 1. The van der Waals surface area contributed by atoms with Gasteiger partial charge in [-0.05, 0) is 6.92 Å². The van der Waals surface area contributed by atoms with E-state index in [4.69, 9.17) is 4.74 Å². The van der Waals surface area contributed by atoms with Crippen LogP contribution in [0.5, 0.6) is 0 Å². The number of nitrogens with zero attached hydrogens (tertiary/aromatic N) is 5. The molecule has 8 nitrogen and oxygen atoms in total. The molecule has 0 aromatic carbocycles. The Morgan fingerprint density at radius 3 is 3.13 bits per heavy atom. The summed E-state index contributed by atoms with van der Waals surface area (Å²) in [6, 6.07) is 0.396. The molecule has 0 unspecified atom stereocenters. The summed E-state index contributed by atoms with van der Waals surface area (Å²) >= 11 is 1.41. The van der Waals surface area contributed by atoms with Gasteiger partial charge in [0.05, 0.1) is 37.3 Å². The molecule has 23 heavy (non-hydrogen) atoms. The molecule has 124 valence electrons. The molecule has 2 aromatic rings. The first kappa shape index (κ1) is 16.0. The topological polar surface area (TPSA) is 85.2 Å². The molecule has 3 heterocycles. The largest absolute Gasteiger partial charge is 0.379 e. The number of amides is 1. The standard InChI is InChI=1S/C14H20N6O2S/c1-10-8-22-4-3-19(10)5-12-6-20(18-17-12)7-13-9-23-14(16-13)15-11(2)21/h6,9-10H,3-5,7-8H2,1-2H3,(H,15,16,21)/t10-/m1/s1. The van der Waals surface area contributed by atoms with Gasteiger partial charge in [0.1, 0.15) is 0 Å². The zero-order chi connectivity index (χ0) is 16.2. The number of hydrogen-bond donors (Lipinski definition) is 1. The Bertz CT molecular complexity index is 670. The molecular formula is C14H20N6O2S. The number of carbonyl (C=O) groups is 1. The van der Waals surface area contributed by atoms with Gasteiger partial charge in [-0.15, -0.1) is 16.4 Å². The van der Waals surface area contributed by atoms with Crippen molar-refractivity contribution in [3.63, 3.8) is 0 Å². The van der Waals surface area contributed by atoms with Crippen molar-refractivity contribution in [2.45, 2.75) is 33.0 Å². The molecule has 1 atom stereocenters. The van der Waals surface area contributed by atoms with Crippen molar-refractivity contribution in [2.75, 3.05) is 25.1 Å². The summed E-state index contributed by atoms with van der Waals surface area (Å²) in [7, 11) is 0. The Hall–Kier alpha value is -1.84. The van der Waals surface area contributed by atoms with Gasteiger partial charge in [-0.3, -0.25) is 9.69 Å². The molecule has 0 aliphatic carbocycles. The summed E-state index contributed by atoms with van der Waals surface area (Å²) in [5.74, 6) is -0.117. The van der Waals surface area contributed by atoms with Crippen LogP contribution in [0.25, 0.3) is 0 Å². The van der Waals surface area contributed by atoms with Gasteiger partial charge in [-0.1, -0.05) is 5.21 Å². The first-order valence-corrected chi connectivity index (χ1v) is 8.41. The van der Waals surface area contributed by atoms with Crippen LogP contribution in [0, 0.1) is 0 Å². The molecular weight excluding hydrogens is 316 g/mol. The zero-order valence-corrected chi connectivity index (χ0v) is 14.0. The van der Waals surface area contributed by atoms with Crippen LogP contribution in [0.4, 0.5) is 5.13 Å². The van der Waals surface area contributed by atoms with Crippen LogP contribution in [-0.4, -0.2) is 56.6 Å². The third-order valence-corrected chi connectivity index (χ3v) is 4.42. The van der Waals surface area contributed by atoms with Crippen molar-refractivity contribution in [3.05, 3.63) is 23.0 Å². The minimum atomic E-state index is -0.117. The summed E-state index contributed by atoms with van der Waals surface area (Å²) < 4.78 is 7.21. The van der Waals surface area contributed by atoms with Crippen LogP contribution in [0.1, 0.15) is 25.2 Å². The molecule has 0 saturated carbocycles. The summed E-state index contributed by atoms with van der Waals surface area (Å²) in [5, 5.41) is 13.6. The van der Waals surface area contributed by atoms with Crippen molar-refractivity contribution < 1.29 is 9.53 Å². The molecule has 1 aliphatic rings. The molecule has 1 aliphatic heterocycles. The summed E-state index contributed by atoms with van der Waals surface area (Å²) in [4.78, 5) is 17.7. The average Bonchev–Trinajstić information content (AvgIpc) is 3.11. The highest BCUT2D eigenvalue weighted by molar-refractivity contribution is 7.13. The molecule has 3 rings (SSSR count). The number of morpholine rings is 1. The fourth-order valence-corrected chi connectivity index (χ4v) is 3.19. The van der Waals surface area contributed by atoms with Crippen LogP contribution >= 0.6 is 11.3 Å². The molecule has 1 fully saturated rings. The van der Waals surface area contributed by atoms with Crippen molar-refractivity contribution in [3.8, 4) is 0 Å². The maximum absolute atomic E-state index is 11.0. The summed E-state index contributed by atoms with van der Waals surface area (Å²) in [5.41, 5.74) is 1.80. The summed E-state index contributed by atoms with van der Waals surface area (Å²) in [6.45, 7) is 7.39. The van der Waals surface area contributed by atoms with Gasteiger partial charge in [0.25, 0.3) is 0 Å². The minimum absolute atomic E-state index is 0.117. The highest BCUT2D eigenvalue weighted by atomic mass is 32.1. The SMILES string of the molecule is CC(=O)Nc1nc(Cn2cc(CN3CCOC[C@H]3C)nn2)cs1. The van der Waals surface area contributed by atoms with Gasteiger partial charge in [0.15, 0.2) is 5.13 Å². The smallest absolute Gasteiger partial charge is 0.223 e. The molecule has 0 radical (unpaired) electrons. The Morgan fingerprint density at radius 2 is 2.35 bits per heavy atom. The van der Waals surface area contributed by atoms with Crippen LogP contribution in [-0.2, 0) is 22.6 Å². The van der Waals surface area contributed by atoms with E-state index in [1.54, 1.807) is 4.68 Å². The lowest BCUT2D eigenvalue weighted by atomic mass is 10.2. The van der Waals surface area contributed by atoms with Gasteiger partial charge < -0.3 is 10.1 Å². The molecule has 1 N–H and O–H groups in total. The fourth-order valence-electron chi connectivity index (χ4n) is 2.45. The van der Waals surface area contributed by atoms with Crippen LogP contribution in [0.15, 0.2) is 11.6 Å². The van der Waals surface area contributed by atoms with Crippen molar-refractivity contribution in [1.82, 2.24) is 24.9 Å². The van der Waals surface area contributed by atoms with Crippen LogP contribution in [0.2, 0.25) is 0 Å². The molecule has 9 heteroatoms. The fraction of sp³-hybridized carbons (Fsp3) is 0.571. The van der Waals surface area contributed by atoms with Gasteiger partial charge in [0, 0.05) is 31.4 Å². The second kappa shape index (κ2) is 7.16. The Kier molecular flexibility index (Phi) is 4.99. The quantitative estimate of drug-likeness (QED) is 0.875. The van der Waals surface area contributed by atoms with E-state index in [-0.39, 0.29) is 5.91 Å². The van der Waals surface area contributed by atoms with E-state index in [0.29, 0.717) is 17.7 Å². The van der Waals surface area contributed by atoms with E-state index in [0.717, 1.165) is 37.7 Å². The third kappa shape index (κ3) is 4.34. The number of ether oxygens (including phenoxy) is 1. The van der Waals surface area contributed by atoms with E-state index < -0.39 is 0 Å². The van der Waals surface area contributed by atoms with Gasteiger partial charge in [-0.25, -0.2) is 9.67 Å². The lowest BCUT2D eigenvalue weighted by Crippen LogP contribution is -2.42. The highest BCUT2D eigenvalue weighted by Gasteiger charge is 2.19. The molecule has 2 aromatic heterocycles.